The van der Waals surface area contributed by atoms with E-state index in [0.29, 0.717) is 6.54 Å². The van der Waals surface area contributed by atoms with Gasteiger partial charge in [0.15, 0.2) is 0 Å². The van der Waals surface area contributed by atoms with Gasteiger partial charge in [-0.05, 0) is 24.1 Å². The maximum atomic E-state index is 10.8. The minimum absolute atomic E-state index is 0.00272. The molecular weight excluding hydrogens is 278 g/mol. The summed E-state index contributed by atoms with van der Waals surface area (Å²) in [6.07, 6.45) is 2.36. The van der Waals surface area contributed by atoms with Crippen LogP contribution < -0.4 is 20.3 Å². The maximum Gasteiger partial charge on any atom is 0.216 e. The molecule has 0 saturated heterocycles. The summed E-state index contributed by atoms with van der Waals surface area (Å²) in [7, 11) is 3.80. The molecule has 0 aliphatic rings. The summed E-state index contributed by atoms with van der Waals surface area (Å²) in [5.41, 5.74) is 2.30. The Kier molecular flexibility index (Phi) is 8.36. The Morgan fingerprint density at radius 3 is 2.73 bits per heavy atom. The van der Waals surface area contributed by atoms with E-state index in [1.54, 1.807) is 7.11 Å². The minimum atomic E-state index is 0.00272. The number of methoxy groups -OCH3 is 1. The Morgan fingerprint density at radius 2 is 2.09 bits per heavy atom. The zero-order chi connectivity index (χ0) is 16.4. The van der Waals surface area contributed by atoms with E-state index in [2.05, 4.69) is 47.7 Å². The van der Waals surface area contributed by atoms with Crippen molar-refractivity contribution in [3.63, 3.8) is 0 Å². The van der Waals surface area contributed by atoms with Crippen LogP contribution in [0.25, 0.3) is 0 Å². The van der Waals surface area contributed by atoms with Crippen molar-refractivity contribution in [1.82, 2.24) is 10.6 Å². The number of amides is 1. The first-order valence-electron chi connectivity index (χ1n) is 7.91. The van der Waals surface area contributed by atoms with Gasteiger partial charge in [-0.2, -0.15) is 0 Å². The lowest BCUT2D eigenvalue weighted by atomic mass is 10.1. The highest BCUT2D eigenvalue weighted by molar-refractivity contribution is 5.72. The summed E-state index contributed by atoms with van der Waals surface area (Å²) < 4.78 is 5.52. The monoisotopic (exact) mass is 307 g/mol. The molecule has 2 N–H and O–H groups in total. The average molecular weight is 307 g/mol. The average Bonchev–Trinajstić information content (AvgIpc) is 2.51. The van der Waals surface area contributed by atoms with Crippen molar-refractivity contribution in [2.45, 2.75) is 33.2 Å². The zero-order valence-corrected chi connectivity index (χ0v) is 14.2. The van der Waals surface area contributed by atoms with E-state index in [9.17, 15) is 4.79 Å². The Labute approximate surface area is 134 Å². The largest absolute Gasteiger partial charge is 0.495 e. The molecule has 124 valence electrons. The molecule has 0 heterocycles. The number of unbranched alkanes of at least 4 members (excludes halogenated alkanes) is 1. The molecule has 22 heavy (non-hydrogen) atoms. The first-order valence-corrected chi connectivity index (χ1v) is 7.91. The van der Waals surface area contributed by atoms with Crippen molar-refractivity contribution in [2.24, 2.45) is 0 Å². The van der Waals surface area contributed by atoms with Crippen LogP contribution in [0.15, 0.2) is 18.2 Å². The molecular formula is C17H29N3O2. The third-order valence-corrected chi connectivity index (χ3v) is 3.51. The first kappa shape index (κ1) is 18.3. The van der Waals surface area contributed by atoms with Gasteiger partial charge in [-0.1, -0.05) is 19.4 Å². The summed E-state index contributed by atoms with van der Waals surface area (Å²) >= 11 is 0. The number of hydrogen-bond acceptors (Lipinski definition) is 4. The number of nitrogens with zero attached hydrogens (tertiary/aromatic N) is 1. The van der Waals surface area contributed by atoms with Crippen LogP contribution in [0.2, 0.25) is 0 Å². The van der Waals surface area contributed by atoms with Crippen LogP contribution in [-0.4, -0.2) is 39.7 Å². The van der Waals surface area contributed by atoms with Gasteiger partial charge in [0.2, 0.25) is 5.91 Å². The lowest BCUT2D eigenvalue weighted by Crippen LogP contribution is -2.29. The molecule has 0 saturated carbocycles. The van der Waals surface area contributed by atoms with Crippen LogP contribution in [0.3, 0.4) is 0 Å². The van der Waals surface area contributed by atoms with Gasteiger partial charge in [0.25, 0.3) is 0 Å². The van der Waals surface area contributed by atoms with E-state index in [1.165, 1.54) is 25.3 Å². The van der Waals surface area contributed by atoms with Gasteiger partial charge in [-0.15, -0.1) is 0 Å². The molecule has 0 unspecified atom stereocenters. The number of carbonyl (C=O) groups excluding carboxylic acids is 1. The smallest absolute Gasteiger partial charge is 0.216 e. The molecule has 0 aromatic heterocycles. The molecule has 0 spiro atoms. The number of carbonyl (C=O) groups is 1. The second kappa shape index (κ2) is 10.1. The summed E-state index contributed by atoms with van der Waals surface area (Å²) in [6.45, 7) is 6.90. The number of nitrogens with one attached hydrogen (secondary N) is 2. The van der Waals surface area contributed by atoms with E-state index in [-0.39, 0.29) is 5.91 Å². The van der Waals surface area contributed by atoms with Gasteiger partial charge in [-0.3, -0.25) is 4.79 Å². The Bertz CT molecular complexity index is 463. The van der Waals surface area contributed by atoms with E-state index in [1.807, 2.05) is 0 Å². The van der Waals surface area contributed by atoms with Gasteiger partial charge >= 0.3 is 0 Å². The van der Waals surface area contributed by atoms with Crippen molar-refractivity contribution >= 4 is 11.6 Å². The number of benzene rings is 1. The van der Waals surface area contributed by atoms with Gasteiger partial charge < -0.3 is 20.3 Å². The molecule has 0 radical (unpaired) electrons. The SMILES string of the molecule is CCCCN(C)c1ccc(CNCCNC(C)=O)cc1OC. The zero-order valence-electron chi connectivity index (χ0n) is 14.2. The number of anilines is 1. The fourth-order valence-electron chi connectivity index (χ4n) is 2.22. The summed E-state index contributed by atoms with van der Waals surface area (Å²) in [5.74, 6) is 0.905. The van der Waals surface area contributed by atoms with Gasteiger partial charge in [0, 0.05) is 40.2 Å². The molecule has 1 amide bonds. The normalized spacial score (nSPS) is 10.4. The molecule has 0 aliphatic heterocycles. The lowest BCUT2D eigenvalue weighted by molar-refractivity contribution is -0.118. The van der Waals surface area contributed by atoms with Crippen LogP contribution in [0.1, 0.15) is 32.3 Å². The minimum Gasteiger partial charge on any atom is -0.495 e. The number of ether oxygens (including phenoxy) is 1. The van der Waals surface area contributed by atoms with Gasteiger partial charge in [0.05, 0.1) is 12.8 Å². The van der Waals surface area contributed by atoms with Crippen molar-refractivity contribution < 1.29 is 9.53 Å². The highest BCUT2D eigenvalue weighted by atomic mass is 16.5. The summed E-state index contributed by atoms with van der Waals surface area (Å²) in [4.78, 5) is 13.0. The third-order valence-electron chi connectivity index (χ3n) is 3.51. The quantitative estimate of drug-likeness (QED) is 0.650. The molecule has 0 bridgehead atoms. The van der Waals surface area contributed by atoms with E-state index >= 15 is 0 Å². The Morgan fingerprint density at radius 1 is 1.32 bits per heavy atom. The second-order valence-corrected chi connectivity index (χ2v) is 5.44. The second-order valence-electron chi connectivity index (χ2n) is 5.44. The molecule has 5 heteroatoms. The van der Waals surface area contributed by atoms with Crippen molar-refractivity contribution in [3.05, 3.63) is 23.8 Å². The predicted molar refractivity (Wildman–Crippen MR) is 91.6 cm³/mol. The van der Waals surface area contributed by atoms with Crippen LogP contribution in [0.4, 0.5) is 5.69 Å². The highest BCUT2D eigenvalue weighted by Gasteiger charge is 2.08. The number of rotatable bonds is 10. The van der Waals surface area contributed by atoms with E-state index in [4.69, 9.17) is 4.74 Å². The maximum absolute atomic E-state index is 10.8. The molecule has 1 aromatic carbocycles. The van der Waals surface area contributed by atoms with Crippen LogP contribution in [-0.2, 0) is 11.3 Å². The molecule has 0 fully saturated rings. The third kappa shape index (κ3) is 6.35. The van der Waals surface area contributed by atoms with Crippen molar-refractivity contribution in [2.75, 3.05) is 38.7 Å². The molecule has 0 aliphatic carbocycles. The van der Waals surface area contributed by atoms with Gasteiger partial charge in [-0.25, -0.2) is 0 Å². The van der Waals surface area contributed by atoms with Crippen molar-refractivity contribution in [3.8, 4) is 5.75 Å². The Hall–Kier alpha value is -1.75. The topological polar surface area (TPSA) is 53.6 Å². The fraction of sp³-hybridized carbons (Fsp3) is 0.588. The van der Waals surface area contributed by atoms with Crippen molar-refractivity contribution in [1.29, 1.82) is 0 Å². The molecule has 5 nitrogen and oxygen atoms in total. The highest BCUT2D eigenvalue weighted by Crippen LogP contribution is 2.28. The van der Waals surface area contributed by atoms with Crippen LogP contribution >= 0.6 is 0 Å². The Balaban J connectivity index is 2.54. The first-order chi connectivity index (χ1) is 10.6. The summed E-state index contributed by atoms with van der Waals surface area (Å²) in [6, 6.07) is 6.30. The molecule has 1 rings (SSSR count). The lowest BCUT2D eigenvalue weighted by Gasteiger charge is -2.22. The molecule has 0 atom stereocenters. The van der Waals surface area contributed by atoms with E-state index < -0.39 is 0 Å². The van der Waals surface area contributed by atoms with Gasteiger partial charge in [0.1, 0.15) is 5.75 Å². The standard InChI is InChI=1S/C17H29N3O2/c1-5-6-11-20(3)16-8-7-15(12-17(16)22-4)13-18-9-10-19-14(2)21/h7-8,12,18H,5-6,9-11,13H2,1-4H3,(H,19,21). The van der Waals surface area contributed by atoms with Crippen LogP contribution in [0, 0.1) is 0 Å². The van der Waals surface area contributed by atoms with E-state index in [0.717, 1.165) is 31.1 Å². The predicted octanol–water partition coefficient (Wildman–Crippen LogP) is 2.16. The molecule has 1 aromatic rings. The summed E-state index contributed by atoms with van der Waals surface area (Å²) in [5, 5.41) is 6.07. The number of hydrogen-bond donors (Lipinski definition) is 2. The fourth-order valence-corrected chi connectivity index (χ4v) is 2.22. The van der Waals surface area contributed by atoms with Crippen LogP contribution in [0.5, 0.6) is 5.75 Å².